The molecule has 2 rings (SSSR count). The van der Waals surface area contributed by atoms with Crippen molar-refractivity contribution in [2.45, 2.75) is 39.2 Å². The number of rotatable bonds is 5. The molecule has 1 saturated carbocycles. The van der Waals surface area contributed by atoms with Crippen LogP contribution in [0, 0.1) is 17.7 Å². The first-order chi connectivity index (χ1) is 9.11. The molecular formula is C16H24FNO. The quantitative estimate of drug-likeness (QED) is 0.871. The molecule has 0 heterocycles. The van der Waals surface area contributed by atoms with Gasteiger partial charge >= 0.3 is 0 Å². The fourth-order valence-electron chi connectivity index (χ4n) is 2.92. The Morgan fingerprint density at radius 3 is 2.79 bits per heavy atom. The van der Waals surface area contributed by atoms with Crippen LogP contribution >= 0.6 is 0 Å². The van der Waals surface area contributed by atoms with Gasteiger partial charge in [0.2, 0.25) is 0 Å². The molecule has 1 fully saturated rings. The van der Waals surface area contributed by atoms with Crippen LogP contribution in [-0.2, 0) is 0 Å². The summed E-state index contributed by atoms with van der Waals surface area (Å²) in [4.78, 5) is 0. The smallest absolute Gasteiger partial charge is 0.165 e. The Morgan fingerprint density at radius 1 is 1.42 bits per heavy atom. The molecule has 0 aromatic heterocycles. The second-order valence-electron chi connectivity index (χ2n) is 5.69. The molecule has 106 valence electrons. The molecule has 1 aromatic carbocycles. The van der Waals surface area contributed by atoms with Crippen molar-refractivity contribution in [1.29, 1.82) is 0 Å². The Bertz CT molecular complexity index is 421. The third-order valence-corrected chi connectivity index (χ3v) is 4.40. The topological polar surface area (TPSA) is 21.3 Å². The zero-order chi connectivity index (χ0) is 13.8. The maximum atomic E-state index is 13.7. The van der Waals surface area contributed by atoms with Crippen molar-refractivity contribution < 1.29 is 9.13 Å². The third kappa shape index (κ3) is 3.47. The molecule has 19 heavy (non-hydrogen) atoms. The highest BCUT2D eigenvalue weighted by atomic mass is 19.1. The van der Waals surface area contributed by atoms with Gasteiger partial charge in [-0.25, -0.2) is 4.39 Å². The summed E-state index contributed by atoms with van der Waals surface area (Å²) >= 11 is 0. The van der Waals surface area contributed by atoms with Crippen molar-refractivity contribution >= 4 is 0 Å². The number of ether oxygens (including phenoxy) is 1. The molecule has 0 amide bonds. The first-order valence-electron chi connectivity index (χ1n) is 7.18. The second-order valence-corrected chi connectivity index (χ2v) is 5.69. The van der Waals surface area contributed by atoms with Crippen LogP contribution in [0.3, 0.4) is 0 Å². The molecule has 3 unspecified atom stereocenters. The van der Waals surface area contributed by atoms with E-state index in [1.807, 2.05) is 6.07 Å². The Kier molecular flexibility index (Phi) is 4.81. The zero-order valence-electron chi connectivity index (χ0n) is 12.1. The number of benzene rings is 1. The Balaban J connectivity index is 1.92. The molecule has 0 bridgehead atoms. The van der Waals surface area contributed by atoms with Gasteiger partial charge in [0.1, 0.15) is 0 Å². The largest absolute Gasteiger partial charge is 0.494 e. The highest BCUT2D eigenvalue weighted by Gasteiger charge is 2.23. The lowest BCUT2D eigenvalue weighted by atomic mass is 9.97. The lowest BCUT2D eigenvalue weighted by Gasteiger charge is -2.20. The van der Waals surface area contributed by atoms with Gasteiger partial charge < -0.3 is 10.1 Å². The molecule has 0 spiro atoms. The van der Waals surface area contributed by atoms with Gasteiger partial charge in [0.25, 0.3) is 0 Å². The fraction of sp³-hybridized carbons (Fsp3) is 0.625. The zero-order valence-corrected chi connectivity index (χ0v) is 12.1. The SMILES string of the molecule is COc1ccc(C(C)NCC2CCCC2C)cc1F. The third-order valence-electron chi connectivity index (χ3n) is 4.40. The van der Waals surface area contributed by atoms with Gasteiger partial charge in [-0.1, -0.05) is 25.8 Å². The average molecular weight is 265 g/mol. The maximum absolute atomic E-state index is 13.7. The number of hydrogen-bond donors (Lipinski definition) is 1. The predicted octanol–water partition coefficient (Wildman–Crippen LogP) is 3.92. The summed E-state index contributed by atoms with van der Waals surface area (Å²) in [7, 11) is 1.49. The lowest BCUT2D eigenvalue weighted by molar-refractivity contribution is 0.372. The van der Waals surface area contributed by atoms with Gasteiger partial charge in [-0.05, 0) is 49.4 Å². The minimum absolute atomic E-state index is 0.174. The van der Waals surface area contributed by atoms with Crippen molar-refractivity contribution in [3.05, 3.63) is 29.6 Å². The van der Waals surface area contributed by atoms with E-state index in [0.29, 0.717) is 5.75 Å². The molecule has 1 aliphatic rings. The van der Waals surface area contributed by atoms with Crippen molar-refractivity contribution in [3.8, 4) is 5.75 Å². The van der Waals surface area contributed by atoms with Crippen LogP contribution in [0.2, 0.25) is 0 Å². The summed E-state index contributed by atoms with van der Waals surface area (Å²) < 4.78 is 18.6. The van der Waals surface area contributed by atoms with Crippen LogP contribution in [0.25, 0.3) is 0 Å². The summed E-state index contributed by atoms with van der Waals surface area (Å²) in [5.74, 6) is 1.60. The van der Waals surface area contributed by atoms with E-state index in [9.17, 15) is 4.39 Å². The second kappa shape index (κ2) is 6.38. The van der Waals surface area contributed by atoms with Crippen molar-refractivity contribution in [2.24, 2.45) is 11.8 Å². The van der Waals surface area contributed by atoms with Crippen LogP contribution in [-0.4, -0.2) is 13.7 Å². The molecule has 1 aromatic rings. The van der Waals surface area contributed by atoms with Gasteiger partial charge in [-0.2, -0.15) is 0 Å². The number of hydrogen-bond acceptors (Lipinski definition) is 2. The Morgan fingerprint density at radius 2 is 2.21 bits per heavy atom. The average Bonchev–Trinajstić information content (AvgIpc) is 2.81. The predicted molar refractivity (Wildman–Crippen MR) is 75.9 cm³/mol. The lowest BCUT2D eigenvalue weighted by Crippen LogP contribution is -2.27. The number of methoxy groups -OCH3 is 1. The molecule has 3 heteroatoms. The summed E-state index contributed by atoms with van der Waals surface area (Å²) in [6.45, 7) is 5.44. The van der Waals surface area contributed by atoms with Gasteiger partial charge in [0, 0.05) is 6.04 Å². The monoisotopic (exact) mass is 265 g/mol. The number of nitrogens with one attached hydrogen (secondary N) is 1. The minimum Gasteiger partial charge on any atom is -0.494 e. The van der Waals surface area contributed by atoms with Gasteiger partial charge in [0.05, 0.1) is 7.11 Å². The van der Waals surface area contributed by atoms with E-state index in [1.54, 1.807) is 12.1 Å². The van der Waals surface area contributed by atoms with E-state index in [0.717, 1.165) is 23.9 Å². The highest BCUT2D eigenvalue weighted by Crippen LogP contribution is 2.31. The summed E-state index contributed by atoms with van der Waals surface area (Å²) in [5, 5.41) is 3.53. The Labute approximate surface area is 115 Å². The van der Waals surface area contributed by atoms with Crippen LogP contribution in [0.1, 0.15) is 44.7 Å². The number of halogens is 1. The molecule has 0 radical (unpaired) electrons. The van der Waals surface area contributed by atoms with Crippen molar-refractivity contribution in [2.75, 3.05) is 13.7 Å². The van der Waals surface area contributed by atoms with Gasteiger partial charge in [0.15, 0.2) is 11.6 Å². The summed E-state index contributed by atoms with van der Waals surface area (Å²) in [6.07, 6.45) is 4.01. The minimum atomic E-state index is -0.289. The van der Waals surface area contributed by atoms with Crippen LogP contribution in [0.5, 0.6) is 5.75 Å². The van der Waals surface area contributed by atoms with E-state index in [4.69, 9.17) is 4.74 Å². The molecular weight excluding hydrogens is 241 g/mol. The van der Waals surface area contributed by atoms with Crippen LogP contribution in [0.4, 0.5) is 4.39 Å². The summed E-state index contributed by atoms with van der Waals surface area (Å²) in [5.41, 5.74) is 0.976. The van der Waals surface area contributed by atoms with Gasteiger partial charge in [-0.3, -0.25) is 0 Å². The first-order valence-corrected chi connectivity index (χ1v) is 7.18. The fourth-order valence-corrected chi connectivity index (χ4v) is 2.92. The molecule has 1 aliphatic carbocycles. The van der Waals surface area contributed by atoms with E-state index in [-0.39, 0.29) is 11.9 Å². The van der Waals surface area contributed by atoms with E-state index < -0.39 is 0 Å². The van der Waals surface area contributed by atoms with E-state index >= 15 is 0 Å². The van der Waals surface area contributed by atoms with Crippen LogP contribution in [0.15, 0.2) is 18.2 Å². The Hall–Kier alpha value is -1.09. The first kappa shape index (κ1) is 14.3. The standard InChI is InChI=1S/C16H24FNO/c1-11-5-4-6-14(11)10-18-12(2)13-7-8-16(19-3)15(17)9-13/h7-9,11-12,14,18H,4-6,10H2,1-3H3. The molecule has 2 nitrogen and oxygen atoms in total. The summed E-state index contributed by atoms with van der Waals surface area (Å²) in [6, 6.07) is 5.36. The van der Waals surface area contributed by atoms with Crippen molar-refractivity contribution in [1.82, 2.24) is 5.32 Å². The van der Waals surface area contributed by atoms with E-state index in [2.05, 4.69) is 19.2 Å². The van der Waals surface area contributed by atoms with Gasteiger partial charge in [-0.15, -0.1) is 0 Å². The molecule has 3 atom stereocenters. The molecule has 1 N–H and O–H groups in total. The maximum Gasteiger partial charge on any atom is 0.165 e. The molecule has 0 aliphatic heterocycles. The van der Waals surface area contributed by atoms with E-state index in [1.165, 1.54) is 26.4 Å². The van der Waals surface area contributed by atoms with Crippen molar-refractivity contribution in [3.63, 3.8) is 0 Å². The molecule has 0 saturated heterocycles. The highest BCUT2D eigenvalue weighted by molar-refractivity contribution is 5.30. The van der Waals surface area contributed by atoms with Crippen LogP contribution < -0.4 is 10.1 Å². The normalized spacial score (nSPS) is 24.4.